The van der Waals surface area contributed by atoms with Crippen LogP contribution < -0.4 is 5.73 Å². The van der Waals surface area contributed by atoms with E-state index >= 15 is 0 Å². The number of nitrogen functional groups attached to an aromatic ring is 1. The van der Waals surface area contributed by atoms with Crippen LogP contribution in [0.1, 0.15) is 5.56 Å². The van der Waals surface area contributed by atoms with E-state index in [1.165, 1.54) is 22.7 Å². The molecule has 5 heteroatoms. The summed E-state index contributed by atoms with van der Waals surface area (Å²) in [5, 5.41) is 2.47. The van der Waals surface area contributed by atoms with E-state index in [-0.39, 0.29) is 0 Å². The van der Waals surface area contributed by atoms with Crippen LogP contribution >= 0.6 is 0 Å². The number of aromatic nitrogens is 4. The Labute approximate surface area is 121 Å². The average molecular weight is 275 g/mol. The molecule has 0 fully saturated rings. The Morgan fingerprint density at radius 1 is 0.952 bits per heavy atom. The first-order valence-electron chi connectivity index (χ1n) is 6.70. The molecule has 0 unspecified atom stereocenters. The molecule has 102 valence electrons. The normalized spacial score (nSPS) is 11.2. The lowest BCUT2D eigenvalue weighted by Gasteiger charge is -2.06. The van der Waals surface area contributed by atoms with Gasteiger partial charge in [0.1, 0.15) is 11.8 Å². The predicted molar refractivity (Wildman–Crippen MR) is 82.8 cm³/mol. The van der Waals surface area contributed by atoms with E-state index in [0.717, 1.165) is 5.65 Å². The molecule has 5 nitrogen and oxygen atoms in total. The summed E-state index contributed by atoms with van der Waals surface area (Å²) in [6, 6.07) is 14.8. The molecule has 2 N–H and O–H groups in total. The molecule has 2 aromatic heterocycles. The Kier molecular flexibility index (Phi) is 2.57. The van der Waals surface area contributed by atoms with Crippen molar-refractivity contribution in [1.29, 1.82) is 0 Å². The maximum absolute atomic E-state index is 5.81. The van der Waals surface area contributed by atoms with Gasteiger partial charge in [-0.1, -0.05) is 36.4 Å². The molecular formula is C16H13N5. The van der Waals surface area contributed by atoms with Crippen LogP contribution in [0.4, 0.5) is 5.82 Å². The largest absolute Gasteiger partial charge is 0.382 e. The van der Waals surface area contributed by atoms with Gasteiger partial charge in [0.2, 0.25) is 0 Å². The second-order valence-corrected chi connectivity index (χ2v) is 4.99. The monoisotopic (exact) mass is 275 g/mol. The topological polar surface area (TPSA) is 69.6 Å². The maximum atomic E-state index is 5.81. The van der Waals surface area contributed by atoms with Gasteiger partial charge in [0.15, 0.2) is 11.5 Å². The zero-order valence-electron chi connectivity index (χ0n) is 11.3. The minimum Gasteiger partial charge on any atom is -0.382 e. The quantitative estimate of drug-likeness (QED) is 0.610. The van der Waals surface area contributed by atoms with Crippen molar-refractivity contribution in [2.24, 2.45) is 0 Å². The summed E-state index contributed by atoms with van der Waals surface area (Å²) in [6.45, 7) is 0.706. The SMILES string of the molecule is Nc1ncnc2c1ncn2Cc1ccc2ccccc2c1. The van der Waals surface area contributed by atoms with Gasteiger partial charge in [0, 0.05) is 0 Å². The highest BCUT2D eigenvalue weighted by Gasteiger charge is 2.08. The van der Waals surface area contributed by atoms with Crippen LogP contribution in [0.25, 0.3) is 21.9 Å². The Balaban J connectivity index is 1.77. The highest BCUT2D eigenvalue weighted by molar-refractivity contribution is 5.83. The standard InChI is InChI=1S/C16H13N5/c17-15-14-16(19-9-18-15)21(10-20-14)8-11-5-6-12-3-1-2-4-13(12)7-11/h1-7,9-10H,8H2,(H2,17,18,19). The van der Waals surface area contributed by atoms with Crippen molar-refractivity contribution < 1.29 is 0 Å². The molecule has 4 rings (SSSR count). The van der Waals surface area contributed by atoms with E-state index in [1.807, 2.05) is 16.7 Å². The highest BCUT2D eigenvalue weighted by atomic mass is 15.1. The maximum Gasteiger partial charge on any atom is 0.165 e. The van der Waals surface area contributed by atoms with Crippen LogP contribution in [0.15, 0.2) is 55.1 Å². The third-order valence-corrected chi connectivity index (χ3v) is 3.60. The fourth-order valence-electron chi connectivity index (χ4n) is 2.55. The first-order valence-corrected chi connectivity index (χ1v) is 6.70. The summed E-state index contributed by atoms with van der Waals surface area (Å²) in [6.07, 6.45) is 3.22. The van der Waals surface area contributed by atoms with Gasteiger partial charge in [-0.05, 0) is 22.4 Å². The van der Waals surface area contributed by atoms with Crippen molar-refractivity contribution in [3.8, 4) is 0 Å². The summed E-state index contributed by atoms with van der Waals surface area (Å²) in [5.41, 5.74) is 8.42. The number of imidazole rings is 1. The van der Waals surface area contributed by atoms with Crippen molar-refractivity contribution in [3.63, 3.8) is 0 Å². The average Bonchev–Trinajstić information content (AvgIpc) is 2.92. The molecule has 0 amide bonds. The van der Waals surface area contributed by atoms with Crippen LogP contribution in [-0.4, -0.2) is 19.5 Å². The van der Waals surface area contributed by atoms with E-state index in [0.29, 0.717) is 17.9 Å². The van der Waals surface area contributed by atoms with Crippen LogP contribution in [0.3, 0.4) is 0 Å². The first-order chi connectivity index (χ1) is 10.3. The first kappa shape index (κ1) is 11.8. The van der Waals surface area contributed by atoms with Gasteiger partial charge in [-0.2, -0.15) is 0 Å². The molecular weight excluding hydrogens is 262 g/mol. The fraction of sp³-hybridized carbons (Fsp3) is 0.0625. The zero-order chi connectivity index (χ0) is 14.2. The molecule has 0 bridgehead atoms. The van der Waals surface area contributed by atoms with Crippen molar-refractivity contribution in [2.75, 3.05) is 5.73 Å². The van der Waals surface area contributed by atoms with Gasteiger partial charge in [0.25, 0.3) is 0 Å². The number of hydrogen-bond acceptors (Lipinski definition) is 4. The molecule has 0 spiro atoms. The van der Waals surface area contributed by atoms with Crippen LogP contribution in [-0.2, 0) is 6.54 Å². The summed E-state index contributed by atoms with van der Waals surface area (Å²) in [4.78, 5) is 12.5. The molecule has 0 radical (unpaired) electrons. The van der Waals surface area contributed by atoms with E-state index in [1.54, 1.807) is 6.33 Å². The smallest absolute Gasteiger partial charge is 0.165 e. The minimum absolute atomic E-state index is 0.414. The van der Waals surface area contributed by atoms with Crippen LogP contribution in [0.2, 0.25) is 0 Å². The van der Waals surface area contributed by atoms with E-state index in [9.17, 15) is 0 Å². The highest BCUT2D eigenvalue weighted by Crippen LogP contribution is 2.19. The summed E-state index contributed by atoms with van der Waals surface area (Å²) >= 11 is 0. The zero-order valence-corrected chi connectivity index (χ0v) is 11.3. The predicted octanol–water partition coefficient (Wildman–Crippen LogP) is 2.61. The third-order valence-electron chi connectivity index (χ3n) is 3.60. The Hall–Kier alpha value is -2.95. The molecule has 0 aliphatic carbocycles. The van der Waals surface area contributed by atoms with E-state index in [2.05, 4.69) is 45.3 Å². The molecule has 4 aromatic rings. The second kappa shape index (κ2) is 4.56. The molecule has 2 heterocycles. The van der Waals surface area contributed by atoms with E-state index in [4.69, 9.17) is 5.73 Å². The molecule has 21 heavy (non-hydrogen) atoms. The number of hydrogen-bond donors (Lipinski definition) is 1. The van der Waals surface area contributed by atoms with Crippen LogP contribution in [0.5, 0.6) is 0 Å². The van der Waals surface area contributed by atoms with Crippen molar-refractivity contribution in [1.82, 2.24) is 19.5 Å². The van der Waals surface area contributed by atoms with Gasteiger partial charge in [0.05, 0.1) is 12.9 Å². The van der Waals surface area contributed by atoms with Gasteiger partial charge in [-0.25, -0.2) is 15.0 Å². The summed E-state index contributed by atoms with van der Waals surface area (Å²) < 4.78 is 1.98. The number of anilines is 1. The molecule has 0 atom stereocenters. The Morgan fingerprint density at radius 3 is 2.71 bits per heavy atom. The minimum atomic E-state index is 0.414. The van der Waals surface area contributed by atoms with Gasteiger partial charge in [-0.3, -0.25) is 0 Å². The van der Waals surface area contributed by atoms with E-state index < -0.39 is 0 Å². The number of rotatable bonds is 2. The number of nitrogens with two attached hydrogens (primary N) is 1. The van der Waals surface area contributed by atoms with Gasteiger partial charge < -0.3 is 10.3 Å². The molecule has 0 aliphatic rings. The molecule has 0 saturated carbocycles. The fourth-order valence-corrected chi connectivity index (χ4v) is 2.55. The Morgan fingerprint density at radius 2 is 1.81 bits per heavy atom. The molecule has 0 aliphatic heterocycles. The second-order valence-electron chi connectivity index (χ2n) is 4.99. The molecule has 0 saturated heterocycles. The lowest BCUT2D eigenvalue weighted by Crippen LogP contribution is -2.00. The lowest BCUT2D eigenvalue weighted by atomic mass is 10.1. The summed E-state index contributed by atoms with van der Waals surface area (Å²) in [5.74, 6) is 0.414. The van der Waals surface area contributed by atoms with Crippen LogP contribution in [0, 0.1) is 0 Å². The number of fused-ring (bicyclic) bond motifs is 2. The number of nitrogens with zero attached hydrogens (tertiary/aromatic N) is 4. The van der Waals surface area contributed by atoms with Crippen molar-refractivity contribution in [2.45, 2.75) is 6.54 Å². The summed E-state index contributed by atoms with van der Waals surface area (Å²) in [7, 11) is 0. The van der Waals surface area contributed by atoms with Crippen molar-refractivity contribution in [3.05, 3.63) is 60.7 Å². The van der Waals surface area contributed by atoms with Gasteiger partial charge in [-0.15, -0.1) is 0 Å². The van der Waals surface area contributed by atoms with Gasteiger partial charge >= 0.3 is 0 Å². The lowest BCUT2D eigenvalue weighted by molar-refractivity contribution is 0.814. The molecule has 2 aromatic carbocycles. The third kappa shape index (κ3) is 1.99. The number of benzene rings is 2. The Bertz CT molecular complexity index is 942. The van der Waals surface area contributed by atoms with Crippen molar-refractivity contribution >= 4 is 27.8 Å².